The van der Waals surface area contributed by atoms with Gasteiger partial charge in [-0.05, 0) is 28.1 Å². The zero-order valence-corrected chi connectivity index (χ0v) is 13.7. The molecule has 0 aliphatic carbocycles. The Morgan fingerprint density at radius 1 is 1.00 bits per heavy atom. The van der Waals surface area contributed by atoms with Crippen molar-refractivity contribution in [1.29, 1.82) is 0 Å². The third-order valence-corrected chi connectivity index (χ3v) is 13.4. The quantitative estimate of drug-likeness (QED) is 0.655. The standard InChI is InChI=1S/C13H23ClSSi/c1-9(2)16(10(3)4,11(5)6)13-12(14)7-8-15-13/h7-11H,1-6H3. The summed E-state index contributed by atoms with van der Waals surface area (Å²) in [4.78, 5) is 0. The molecule has 0 saturated heterocycles. The van der Waals surface area contributed by atoms with Crippen molar-refractivity contribution in [3.8, 4) is 0 Å². The predicted molar refractivity (Wildman–Crippen MR) is 80.0 cm³/mol. The van der Waals surface area contributed by atoms with Crippen LogP contribution in [0.4, 0.5) is 0 Å². The first-order chi connectivity index (χ1) is 7.35. The van der Waals surface area contributed by atoms with Crippen molar-refractivity contribution in [3.05, 3.63) is 16.5 Å². The smallest absolute Gasteiger partial charge is 0.109 e. The average molecular weight is 275 g/mol. The summed E-state index contributed by atoms with van der Waals surface area (Å²) in [6, 6.07) is 2.07. The summed E-state index contributed by atoms with van der Waals surface area (Å²) in [5.74, 6) is 0. The fourth-order valence-electron chi connectivity index (χ4n) is 3.39. The fourth-order valence-corrected chi connectivity index (χ4v) is 13.9. The largest absolute Gasteiger partial charge is 0.152 e. The van der Waals surface area contributed by atoms with Gasteiger partial charge in [0.15, 0.2) is 0 Å². The Labute approximate surface area is 110 Å². The molecule has 1 aromatic heterocycles. The van der Waals surface area contributed by atoms with Crippen molar-refractivity contribution in [3.63, 3.8) is 0 Å². The highest BCUT2D eigenvalue weighted by Crippen LogP contribution is 2.43. The lowest BCUT2D eigenvalue weighted by Crippen LogP contribution is -2.54. The molecule has 0 nitrogen and oxygen atoms in total. The molecule has 0 fully saturated rings. The lowest BCUT2D eigenvalue weighted by Gasteiger charge is -2.42. The summed E-state index contributed by atoms with van der Waals surface area (Å²) in [6.07, 6.45) is 0. The van der Waals surface area contributed by atoms with Crippen LogP contribution in [0.1, 0.15) is 41.5 Å². The van der Waals surface area contributed by atoms with E-state index in [-0.39, 0.29) is 0 Å². The zero-order chi connectivity index (χ0) is 12.5. The molecule has 0 spiro atoms. The molecule has 1 heterocycles. The van der Waals surface area contributed by atoms with Crippen LogP contribution in [-0.4, -0.2) is 8.07 Å². The van der Waals surface area contributed by atoms with Gasteiger partial charge in [-0.3, -0.25) is 0 Å². The Balaban J connectivity index is 3.39. The summed E-state index contributed by atoms with van der Waals surface area (Å²) in [5.41, 5.74) is 2.22. The molecule has 0 unspecified atom stereocenters. The molecule has 0 bridgehead atoms. The highest BCUT2D eigenvalue weighted by Gasteiger charge is 2.46. The summed E-state index contributed by atoms with van der Waals surface area (Å²) < 4.78 is 1.51. The molecule has 16 heavy (non-hydrogen) atoms. The first kappa shape index (κ1) is 14.3. The number of thiophene rings is 1. The van der Waals surface area contributed by atoms with Crippen LogP contribution in [0.2, 0.25) is 21.6 Å². The van der Waals surface area contributed by atoms with Gasteiger partial charge in [-0.25, -0.2) is 0 Å². The lowest BCUT2D eigenvalue weighted by atomic mass is 10.5. The van der Waals surface area contributed by atoms with Crippen molar-refractivity contribution in [2.75, 3.05) is 0 Å². The van der Waals surface area contributed by atoms with Crippen molar-refractivity contribution < 1.29 is 0 Å². The summed E-state index contributed by atoms with van der Waals surface area (Å²) in [6.45, 7) is 14.3. The normalized spacial score (nSPS) is 13.1. The first-order valence-electron chi connectivity index (χ1n) is 6.08. The van der Waals surface area contributed by atoms with Gasteiger partial charge in [0.1, 0.15) is 8.07 Å². The molecule has 0 saturated carbocycles. The van der Waals surface area contributed by atoms with Gasteiger partial charge in [0.2, 0.25) is 0 Å². The highest BCUT2D eigenvalue weighted by molar-refractivity contribution is 7.27. The van der Waals surface area contributed by atoms with Crippen LogP contribution in [-0.2, 0) is 0 Å². The van der Waals surface area contributed by atoms with Crippen molar-refractivity contribution in [2.45, 2.75) is 58.2 Å². The van der Waals surface area contributed by atoms with Gasteiger partial charge in [-0.1, -0.05) is 53.1 Å². The van der Waals surface area contributed by atoms with Crippen LogP contribution < -0.4 is 4.50 Å². The number of halogens is 1. The van der Waals surface area contributed by atoms with Crippen molar-refractivity contribution >= 4 is 35.5 Å². The van der Waals surface area contributed by atoms with E-state index in [2.05, 4.69) is 53.0 Å². The fraction of sp³-hybridized carbons (Fsp3) is 0.692. The number of hydrogen-bond acceptors (Lipinski definition) is 1. The lowest BCUT2D eigenvalue weighted by molar-refractivity contribution is 0.837. The van der Waals surface area contributed by atoms with Crippen LogP contribution >= 0.6 is 22.9 Å². The molecule has 0 aliphatic heterocycles. The monoisotopic (exact) mass is 274 g/mol. The van der Waals surface area contributed by atoms with Crippen LogP contribution in [0.15, 0.2) is 11.4 Å². The maximum absolute atomic E-state index is 6.40. The Kier molecular flexibility index (Phi) is 4.67. The Bertz CT molecular complexity index is 320. The number of hydrogen-bond donors (Lipinski definition) is 0. The topological polar surface area (TPSA) is 0 Å². The predicted octanol–water partition coefficient (Wildman–Crippen LogP) is 5.29. The van der Waals surface area contributed by atoms with Crippen molar-refractivity contribution in [1.82, 2.24) is 0 Å². The van der Waals surface area contributed by atoms with Crippen molar-refractivity contribution in [2.24, 2.45) is 0 Å². The van der Waals surface area contributed by atoms with E-state index in [1.165, 1.54) is 4.50 Å². The van der Waals surface area contributed by atoms with Gasteiger partial charge in [-0.15, -0.1) is 0 Å². The minimum Gasteiger partial charge on any atom is -0.152 e. The van der Waals surface area contributed by atoms with E-state index < -0.39 is 8.07 Å². The Morgan fingerprint density at radius 2 is 1.44 bits per heavy atom. The van der Waals surface area contributed by atoms with Crippen LogP contribution in [0.5, 0.6) is 0 Å². The van der Waals surface area contributed by atoms with E-state index in [0.717, 1.165) is 21.6 Å². The van der Waals surface area contributed by atoms with E-state index in [9.17, 15) is 0 Å². The zero-order valence-electron chi connectivity index (χ0n) is 11.2. The SMILES string of the molecule is CC(C)[Si](c1sccc1Cl)(C(C)C)C(C)C. The van der Waals surface area contributed by atoms with E-state index >= 15 is 0 Å². The second-order valence-corrected chi connectivity index (χ2v) is 13.0. The minimum atomic E-state index is -1.51. The second-order valence-electron chi connectivity index (χ2n) is 5.49. The summed E-state index contributed by atoms with van der Waals surface area (Å²) in [7, 11) is -1.51. The van der Waals surface area contributed by atoms with E-state index in [1.54, 1.807) is 0 Å². The Hall–Kier alpha value is 0.207. The average Bonchev–Trinajstić information content (AvgIpc) is 2.51. The van der Waals surface area contributed by atoms with Gasteiger partial charge < -0.3 is 0 Å². The van der Waals surface area contributed by atoms with Crippen LogP contribution in [0.25, 0.3) is 0 Å². The van der Waals surface area contributed by atoms with Crippen LogP contribution in [0.3, 0.4) is 0 Å². The molecule has 1 rings (SSSR count). The molecule has 0 amide bonds. The van der Waals surface area contributed by atoms with Gasteiger partial charge >= 0.3 is 0 Å². The molecule has 0 radical (unpaired) electrons. The van der Waals surface area contributed by atoms with Gasteiger partial charge in [-0.2, -0.15) is 11.3 Å². The third kappa shape index (κ3) is 2.12. The molecular weight excluding hydrogens is 252 g/mol. The maximum Gasteiger partial charge on any atom is 0.109 e. The van der Waals surface area contributed by atoms with Crippen LogP contribution in [0, 0.1) is 0 Å². The maximum atomic E-state index is 6.40. The molecular formula is C13H23ClSSi. The third-order valence-electron chi connectivity index (χ3n) is 3.88. The number of rotatable bonds is 4. The molecule has 3 heteroatoms. The van der Waals surface area contributed by atoms with Gasteiger partial charge in [0.05, 0.1) is 5.02 Å². The highest BCUT2D eigenvalue weighted by atomic mass is 35.5. The van der Waals surface area contributed by atoms with E-state index in [4.69, 9.17) is 11.6 Å². The molecule has 0 atom stereocenters. The second kappa shape index (κ2) is 5.24. The molecule has 92 valence electrons. The summed E-state index contributed by atoms with van der Waals surface area (Å²) >= 11 is 8.27. The van der Waals surface area contributed by atoms with Gasteiger partial charge in [0.25, 0.3) is 0 Å². The Morgan fingerprint density at radius 3 is 1.69 bits per heavy atom. The minimum absolute atomic E-state index is 0.739. The molecule has 0 aliphatic rings. The van der Waals surface area contributed by atoms with E-state index in [1.807, 2.05) is 11.3 Å². The first-order valence-corrected chi connectivity index (χ1v) is 9.57. The summed E-state index contributed by atoms with van der Waals surface area (Å²) in [5, 5.41) is 3.15. The molecule has 0 aromatic carbocycles. The molecule has 1 aromatic rings. The molecule has 0 N–H and O–H groups in total. The van der Waals surface area contributed by atoms with Gasteiger partial charge in [0, 0.05) is 4.50 Å². The van der Waals surface area contributed by atoms with E-state index in [0.29, 0.717) is 0 Å².